The van der Waals surface area contributed by atoms with E-state index in [0.29, 0.717) is 0 Å². The topological polar surface area (TPSA) is 151 Å². The minimum absolute atomic E-state index is 0.0336. The maximum Gasteiger partial charge on any atom is 0.336 e. The van der Waals surface area contributed by atoms with E-state index < -0.39 is 53.0 Å². The van der Waals surface area contributed by atoms with E-state index in [4.69, 9.17) is 9.47 Å². The fourth-order valence-electron chi connectivity index (χ4n) is 3.54. The van der Waals surface area contributed by atoms with Gasteiger partial charge in [-0.1, -0.05) is 18.7 Å². The molecule has 0 spiro atoms. The molecule has 0 aromatic rings. The first kappa shape index (κ1) is 23.6. The highest BCUT2D eigenvalue weighted by atomic mass is 16.6. The Labute approximate surface area is 173 Å². The van der Waals surface area contributed by atoms with Gasteiger partial charge in [0.25, 0.3) is 0 Å². The lowest BCUT2D eigenvalue weighted by atomic mass is 9.73. The average molecular weight is 423 g/mol. The van der Waals surface area contributed by atoms with Crippen molar-refractivity contribution in [3.8, 4) is 0 Å². The number of allylic oxidation sites excluding steroid dienone is 1. The molecule has 2 aliphatic heterocycles. The Hall–Kier alpha value is -2.66. The van der Waals surface area contributed by atoms with Crippen LogP contribution >= 0.6 is 0 Å². The number of aliphatic hydroxyl groups excluding tert-OH is 1. The summed E-state index contributed by atoms with van der Waals surface area (Å²) in [6.07, 6.45) is 0.0189. The lowest BCUT2D eigenvalue weighted by molar-refractivity contribution is -0.184. The maximum atomic E-state index is 12.5. The van der Waals surface area contributed by atoms with Crippen molar-refractivity contribution in [3.05, 3.63) is 36.7 Å². The van der Waals surface area contributed by atoms with E-state index in [1.807, 2.05) is 0 Å². The minimum Gasteiger partial charge on any atom is -0.458 e. The Balaban J connectivity index is 2.55. The van der Waals surface area contributed by atoms with Crippen molar-refractivity contribution in [2.24, 2.45) is 0 Å². The molecule has 3 N–H and O–H groups in total. The lowest BCUT2D eigenvalue weighted by Crippen LogP contribution is -2.69. The Morgan fingerprint density at radius 1 is 1.27 bits per heavy atom. The van der Waals surface area contributed by atoms with Crippen molar-refractivity contribution in [1.29, 1.82) is 0 Å². The van der Waals surface area contributed by atoms with Crippen LogP contribution in [0.1, 0.15) is 27.2 Å². The van der Waals surface area contributed by atoms with Crippen molar-refractivity contribution < 1.29 is 44.0 Å². The normalized spacial score (nSPS) is 31.7. The second kappa shape index (κ2) is 8.60. The lowest BCUT2D eigenvalue weighted by Gasteiger charge is -2.40. The second-order valence-electron chi connectivity index (χ2n) is 7.19. The van der Waals surface area contributed by atoms with Gasteiger partial charge in [0.2, 0.25) is 5.60 Å². The van der Waals surface area contributed by atoms with E-state index >= 15 is 0 Å². The molecule has 1 unspecified atom stereocenters. The maximum absolute atomic E-state index is 12.5. The molecule has 0 bridgehead atoms. The van der Waals surface area contributed by atoms with Gasteiger partial charge in [0.1, 0.15) is 18.8 Å². The van der Waals surface area contributed by atoms with Crippen molar-refractivity contribution >= 4 is 23.3 Å². The summed E-state index contributed by atoms with van der Waals surface area (Å²) >= 11 is 0. The smallest absolute Gasteiger partial charge is 0.336 e. The number of hydrogen-bond acceptors (Lipinski definition) is 10. The highest BCUT2D eigenvalue weighted by molar-refractivity contribution is 6.00. The number of rotatable bonds is 8. The number of esters is 1. The van der Waals surface area contributed by atoms with Gasteiger partial charge in [-0.15, -0.1) is 0 Å². The zero-order chi connectivity index (χ0) is 22.9. The number of aliphatic hydroxyl groups is 3. The molecule has 2 rings (SSSR count). The third kappa shape index (κ3) is 3.63. The van der Waals surface area contributed by atoms with Gasteiger partial charge in [0.15, 0.2) is 29.2 Å². The number of carbonyl (C=O) groups excluding carboxylic acids is 4. The molecule has 2 heterocycles. The van der Waals surface area contributed by atoms with Gasteiger partial charge in [-0.2, -0.15) is 0 Å². The van der Waals surface area contributed by atoms with Crippen LogP contribution in [0.3, 0.4) is 0 Å². The van der Waals surface area contributed by atoms with Crippen LogP contribution in [0.4, 0.5) is 0 Å². The van der Waals surface area contributed by atoms with Gasteiger partial charge in [-0.3, -0.25) is 14.4 Å². The van der Waals surface area contributed by atoms with Crippen LogP contribution in [0.2, 0.25) is 0 Å². The Kier molecular flexibility index (Phi) is 6.77. The number of Topliss-reactive ketones (excluding diaryl/α,β-unsaturated/α-hetero) is 3. The van der Waals surface area contributed by atoms with E-state index in [1.165, 1.54) is 24.6 Å². The molecule has 2 aliphatic rings. The molecule has 0 amide bonds. The zero-order valence-corrected chi connectivity index (χ0v) is 16.9. The standard InChI is InChI=1S/C20H25NO9/c1-5-9-29-17(26)14-7-6-8-21(10-14)18-20(28,13(4)24)19(27,12(3)23)16(30-18)15(25)11(2)22/h5-6,8,10,15-16,18,25,27-28H,1,7,9H2,2-4H3/t15?,16-,18-,19-,20+/m1/s1. The van der Waals surface area contributed by atoms with Crippen LogP contribution in [-0.4, -0.2) is 79.8 Å². The monoisotopic (exact) mass is 423 g/mol. The van der Waals surface area contributed by atoms with E-state index in [0.717, 1.165) is 25.7 Å². The molecule has 0 saturated carbocycles. The summed E-state index contributed by atoms with van der Waals surface area (Å²) < 4.78 is 10.5. The Morgan fingerprint density at radius 2 is 1.87 bits per heavy atom. The zero-order valence-electron chi connectivity index (χ0n) is 16.9. The van der Waals surface area contributed by atoms with Crippen molar-refractivity contribution in [2.45, 2.75) is 56.8 Å². The summed E-state index contributed by atoms with van der Waals surface area (Å²) in [5, 5.41) is 32.6. The molecule has 1 saturated heterocycles. The first-order valence-electron chi connectivity index (χ1n) is 9.16. The Morgan fingerprint density at radius 3 is 2.37 bits per heavy atom. The SMILES string of the molecule is C=CCOC(=O)C1=CN([C@@H]2O[C@H](C(O)C(C)=O)[C@](O)(C(C)=O)[C@]2(O)C(C)=O)C=CC1. The van der Waals surface area contributed by atoms with Crippen LogP contribution in [0.25, 0.3) is 0 Å². The molecule has 1 fully saturated rings. The number of nitrogens with zero attached hydrogens (tertiary/aromatic N) is 1. The van der Waals surface area contributed by atoms with Gasteiger partial charge in [-0.05, 0) is 20.8 Å². The van der Waals surface area contributed by atoms with Crippen molar-refractivity contribution in [2.75, 3.05) is 6.61 Å². The van der Waals surface area contributed by atoms with Crippen LogP contribution in [0.5, 0.6) is 0 Å². The second-order valence-corrected chi connectivity index (χ2v) is 7.19. The van der Waals surface area contributed by atoms with Crippen molar-refractivity contribution in [1.82, 2.24) is 4.90 Å². The molecule has 10 nitrogen and oxygen atoms in total. The molecule has 0 radical (unpaired) electrons. The molecule has 0 aromatic heterocycles. The van der Waals surface area contributed by atoms with Gasteiger partial charge >= 0.3 is 5.97 Å². The van der Waals surface area contributed by atoms with Crippen LogP contribution in [-0.2, 0) is 28.7 Å². The number of ether oxygens (including phenoxy) is 2. The largest absolute Gasteiger partial charge is 0.458 e. The summed E-state index contributed by atoms with van der Waals surface area (Å²) in [5.74, 6) is -3.64. The molecule has 10 heteroatoms. The highest BCUT2D eigenvalue weighted by Crippen LogP contribution is 2.45. The highest BCUT2D eigenvalue weighted by Gasteiger charge is 2.73. The molecular formula is C20H25NO9. The number of carbonyl (C=O) groups is 4. The van der Waals surface area contributed by atoms with Gasteiger partial charge in [0, 0.05) is 18.8 Å². The molecule has 0 aromatic carbocycles. The van der Waals surface area contributed by atoms with Gasteiger partial charge in [0.05, 0.1) is 5.57 Å². The van der Waals surface area contributed by atoms with E-state index in [2.05, 4.69) is 6.58 Å². The predicted molar refractivity (Wildman–Crippen MR) is 101 cm³/mol. The first-order chi connectivity index (χ1) is 13.9. The van der Waals surface area contributed by atoms with Crippen molar-refractivity contribution in [3.63, 3.8) is 0 Å². The fourth-order valence-corrected chi connectivity index (χ4v) is 3.54. The van der Waals surface area contributed by atoms with Crippen LogP contribution < -0.4 is 0 Å². The molecule has 5 atom stereocenters. The molecule has 164 valence electrons. The van der Waals surface area contributed by atoms with Crippen LogP contribution in [0.15, 0.2) is 36.7 Å². The summed E-state index contributed by atoms with van der Waals surface area (Å²) in [7, 11) is 0. The summed E-state index contributed by atoms with van der Waals surface area (Å²) in [5.41, 5.74) is -5.64. The first-order valence-corrected chi connectivity index (χ1v) is 9.16. The van der Waals surface area contributed by atoms with E-state index in [-0.39, 0.29) is 18.6 Å². The van der Waals surface area contributed by atoms with Gasteiger partial charge in [-0.25, -0.2) is 4.79 Å². The third-order valence-corrected chi connectivity index (χ3v) is 5.19. The van der Waals surface area contributed by atoms with E-state index in [9.17, 15) is 34.5 Å². The molecular weight excluding hydrogens is 398 g/mol. The number of ketones is 3. The number of hydrogen-bond donors (Lipinski definition) is 3. The van der Waals surface area contributed by atoms with Gasteiger partial charge < -0.3 is 29.7 Å². The minimum atomic E-state index is -2.92. The Bertz CT molecular complexity index is 832. The fraction of sp³-hybridized carbons (Fsp3) is 0.500. The summed E-state index contributed by atoms with van der Waals surface area (Å²) in [6.45, 7) is 6.25. The van der Waals surface area contributed by atoms with Crippen LogP contribution in [0, 0.1) is 0 Å². The summed E-state index contributed by atoms with van der Waals surface area (Å²) in [4.78, 5) is 49.8. The molecule has 30 heavy (non-hydrogen) atoms. The van der Waals surface area contributed by atoms with E-state index in [1.54, 1.807) is 0 Å². The quantitative estimate of drug-likeness (QED) is 0.332. The third-order valence-electron chi connectivity index (χ3n) is 5.19. The average Bonchev–Trinajstić information content (AvgIpc) is 2.95. The predicted octanol–water partition coefficient (Wildman–Crippen LogP) is -0.866. The summed E-state index contributed by atoms with van der Waals surface area (Å²) in [6, 6.07) is 0. The molecule has 0 aliphatic carbocycles.